The molecule has 1 heterocycles. The number of hydrogen-bond acceptors (Lipinski definition) is 4. The van der Waals surface area contributed by atoms with E-state index >= 15 is 0 Å². The number of carbonyl (C=O) groups excluding carboxylic acids is 1. The standard InChI is InChI=1S/C18H28N2O2/c1-5-22-16(21)18(11-19)12-20(13-18)10-14-6-8-15(9-7-14)17(2,3)4/h6-9H,5,10-13,19H2,1-4H3. The van der Waals surface area contributed by atoms with Crippen molar-refractivity contribution in [2.75, 3.05) is 26.2 Å². The quantitative estimate of drug-likeness (QED) is 0.848. The fourth-order valence-electron chi connectivity index (χ4n) is 2.92. The Morgan fingerprint density at radius 2 is 1.86 bits per heavy atom. The van der Waals surface area contributed by atoms with E-state index in [1.165, 1.54) is 11.1 Å². The van der Waals surface area contributed by atoms with Crippen LogP contribution in [0.15, 0.2) is 24.3 Å². The van der Waals surface area contributed by atoms with Gasteiger partial charge in [0.05, 0.1) is 6.61 Å². The van der Waals surface area contributed by atoms with Gasteiger partial charge in [-0.25, -0.2) is 0 Å². The van der Waals surface area contributed by atoms with Gasteiger partial charge in [-0.15, -0.1) is 0 Å². The van der Waals surface area contributed by atoms with Gasteiger partial charge in [0, 0.05) is 26.2 Å². The molecule has 22 heavy (non-hydrogen) atoms. The van der Waals surface area contributed by atoms with E-state index in [-0.39, 0.29) is 11.4 Å². The Labute approximate surface area is 133 Å². The highest BCUT2D eigenvalue weighted by Gasteiger charge is 2.49. The lowest BCUT2D eigenvalue weighted by Gasteiger charge is -2.47. The summed E-state index contributed by atoms with van der Waals surface area (Å²) in [5, 5.41) is 0. The summed E-state index contributed by atoms with van der Waals surface area (Å²) in [6, 6.07) is 8.73. The average Bonchev–Trinajstić information content (AvgIpc) is 2.42. The smallest absolute Gasteiger partial charge is 0.315 e. The zero-order valence-corrected chi connectivity index (χ0v) is 14.2. The largest absolute Gasteiger partial charge is 0.465 e. The third-order valence-electron chi connectivity index (χ3n) is 4.38. The minimum Gasteiger partial charge on any atom is -0.465 e. The summed E-state index contributed by atoms with van der Waals surface area (Å²) in [5.41, 5.74) is 8.07. The highest BCUT2D eigenvalue weighted by atomic mass is 16.5. The molecule has 4 nitrogen and oxygen atoms in total. The molecule has 4 heteroatoms. The van der Waals surface area contributed by atoms with Crippen LogP contribution in [0.2, 0.25) is 0 Å². The van der Waals surface area contributed by atoms with Crippen molar-refractivity contribution in [1.29, 1.82) is 0 Å². The molecule has 0 bridgehead atoms. The van der Waals surface area contributed by atoms with Crippen molar-refractivity contribution >= 4 is 5.97 Å². The van der Waals surface area contributed by atoms with Crippen LogP contribution >= 0.6 is 0 Å². The third-order valence-corrected chi connectivity index (χ3v) is 4.38. The topological polar surface area (TPSA) is 55.6 Å². The maximum Gasteiger partial charge on any atom is 0.315 e. The van der Waals surface area contributed by atoms with Gasteiger partial charge in [-0.05, 0) is 23.5 Å². The van der Waals surface area contributed by atoms with Crippen molar-refractivity contribution in [3.63, 3.8) is 0 Å². The number of nitrogens with zero attached hydrogens (tertiary/aromatic N) is 1. The van der Waals surface area contributed by atoms with E-state index in [9.17, 15) is 4.79 Å². The van der Waals surface area contributed by atoms with Crippen LogP contribution in [-0.2, 0) is 21.5 Å². The average molecular weight is 304 g/mol. The van der Waals surface area contributed by atoms with Crippen LogP contribution in [0.3, 0.4) is 0 Å². The molecule has 1 aliphatic heterocycles. The second kappa shape index (κ2) is 6.39. The Balaban J connectivity index is 1.93. The lowest BCUT2D eigenvalue weighted by atomic mass is 9.79. The lowest BCUT2D eigenvalue weighted by Crippen LogP contribution is -2.63. The molecule has 1 fully saturated rings. The van der Waals surface area contributed by atoms with Gasteiger partial charge >= 0.3 is 5.97 Å². The molecular formula is C18H28N2O2. The first kappa shape index (κ1) is 17.0. The van der Waals surface area contributed by atoms with E-state index < -0.39 is 5.41 Å². The summed E-state index contributed by atoms with van der Waals surface area (Å²) in [6.45, 7) is 11.5. The summed E-state index contributed by atoms with van der Waals surface area (Å²) in [6.07, 6.45) is 0. The minimum absolute atomic E-state index is 0.156. The van der Waals surface area contributed by atoms with Crippen LogP contribution in [0.5, 0.6) is 0 Å². The van der Waals surface area contributed by atoms with Gasteiger partial charge in [0.2, 0.25) is 0 Å². The molecule has 0 aliphatic carbocycles. The summed E-state index contributed by atoms with van der Waals surface area (Å²) >= 11 is 0. The normalized spacial score (nSPS) is 17.9. The minimum atomic E-state index is -0.499. The molecule has 0 amide bonds. The fourth-order valence-corrected chi connectivity index (χ4v) is 2.92. The van der Waals surface area contributed by atoms with E-state index in [0.29, 0.717) is 26.2 Å². The Hall–Kier alpha value is -1.39. The van der Waals surface area contributed by atoms with Gasteiger partial charge in [0.25, 0.3) is 0 Å². The lowest BCUT2D eigenvalue weighted by molar-refractivity contribution is -0.166. The molecular weight excluding hydrogens is 276 g/mol. The maximum atomic E-state index is 12.0. The van der Waals surface area contributed by atoms with Crippen molar-refractivity contribution in [3.05, 3.63) is 35.4 Å². The van der Waals surface area contributed by atoms with E-state index in [1.807, 2.05) is 6.92 Å². The molecule has 1 saturated heterocycles. The first-order chi connectivity index (χ1) is 10.3. The van der Waals surface area contributed by atoms with Crippen molar-refractivity contribution in [2.45, 2.75) is 39.7 Å². The SMILES string of the molecule is CCOC(=O)C1(CN)CN(Cc2ccc(C(C)(C)C)cc2)C1. The van der Waals surface area contributed by atoms with E-state index in [2.05, 4.69) is 49.9 Å². The van der Waals surface area contributed by atoms with Crippen molar-refractivity contribution in [3.8, 4) is 0 Å². The van der Waals surface area contributed by atoms with E-state index in [4.69, 9.17) is 10.5 Å². The first-order valence-electron chi connectivity index (χ1n) is 8.00. The van der Waals surface area contributed by atoms with Gasteiger partial charge in [-0.1, -0.05) is 45.0 Å². The number of carbonyl (C=O) groups is 1. The van der Waals surface area contributed by atoms with E-state index in [0.717, 1.165) is 6.54 Å². The molecule has 0 atom stereocenters. The van der Waals surface area contributed by atoms with Gasteiger partial charge in [-0.2, -0.15) is 0 Å². The molecule has 0 aromatic heterocycles. The van der Waals surface area contributed by atoms with E-state index in [1.54, 1.807) is 0 Å². The molecule has 1 aliphatic rings. The van der Waals surface area contributed by atoms with Gasteiger partial charge in [0.1, 0.15) is 5.41 Å². The van der Waals surface area contributed by atoms with Crippen LogP contribution in [0.25, 0.3) is 0 Å². The number of esters is 1. The van der Waals surface area contributed by atoms with Crippen LogP contribution in [0.1, 0.15) is 38.8 Å². The number of nitrogens with two attached hydrogens (primary N) is 1. The number of benzene rings is 1. The Morgan fingerprint density at radius 3 is 2.32 bits per heavy atom. The molecule has 0 unspecified atom stereocenters. The Bertz CT molecular complexity index is 511. The fraction of sp³-hybridized carbons (Fsp3) is 0.611. The highest BCUT2D eigenvalue weighted by molar-refractivity contribution is 5.79. The molecule has 1 aromatic rings. The molecule has 0 radical (unpaired) electrons. The van der Waals surface area contributed by atoms with Crippen LogP contribution in [0, 0.1) is 5.41 Å². The van der Waals surface area contributed by atoms with Crippen molar-refractivity contribution < 1.29 is 9.53 Å². The monoisotopic (exact) mass is 304 g/mol. The van der Waals surface area contributed by atoms with Gasteiger partial charge in [0.15, 0.2) is 0 Å². The third kappa shape index (κ3) is 3.50. The Kier molecular flexibility index (Phi) is 4.93. The van der Waals surface area contributed by atoms with Crippen LogP contribution < -0.4 is 5.73 Å². The molecule has 0 spiro atoms. The molecule has 122 valence electrons. The zero-order chi connectivity index (χ0) is 16.4. The van der Waals surface area contributed by atoms with Gasteiger partial charge < -0.3 is 10.5 Å². The van der Waals surface area contributed by atoms with Crippen LogP contribution in [0.4, 0.5) is 0 Å². The summed E-state index contributed by atoms with van der Waals surface area (Å²) in [7, 11) is 0. The predicted molar refractivity (Wildman–Crippen MR) is 88.5 cm³/mol. The van der Waals surface area contributed by atoms with Crippen molar-refractivity contribution in [1.82, 2.24) is 4.90 Å². The summed E-state index contributed by atoms with van der Waals surface area (Å²) in [4.78, 5) is 14.2. The molecule has 2 rings (SSSR count). The number of likely N-dealkylation sites (tertiary alicyclic amines) is 1. The second-order valence-corrected chi connectivity index (χ2v) is 7.30. The highest BCUT2D eigenvalue weighted by Crippen LogP contribution is 2.32. The zero-order valence-electron chi connectivity index (χ0n) is 14.2. The molecule has 0 saturated carbocycles. The number of hydrogen-bond donors (Lipinski definition) is 1. The first-order valence-corrected chi connectivity index (χ1v) is 8.00. The van der Waals surface area contributed by atoms with Crippen molar-refractivity contribution in [2.24, 2.45) is 11.1 Å². The summed E-state index contributed by atoms with van der Waals surface area (Å²) < 4.78 is 5.15. The van der Waals surface area contributed by atoms with Gasteiger partial charge in [-0.3, -0.25) is 9.69 Å². The maximum absolute atomic E-state index is 12.0. The Morgan fingerprint density at radius 1 is 1.27 bits per heavy atom. The molecule has 2 N–H and O–H groups in total. The number of rotatable bonds is 5. The van der Waals surface area contributed by atoms with Crippen LogP contribution in [-0.4, -0.2) is 37.1 Å². The summed E-state index contributed by atoms with van der Waals surface area (Å²) in [5.74, 6) is -0.156. The second-order valence-electron chi connectivity index (χ2n) is 7.30. The predicted octanol–water partition coefficient (Wildman–Crippen LogP) is 2.31. The number of ether oxygens (including phenoxy) is 1. The molecule has 1 aromatic carbocycles.